The van der Waals surface area contributed by atoms with Crippen molar-refractivity contribution >= 4 is 34.9 Å². The largest absolute Gasteiger partial charge is 0.439 e. The van der Waals surface area contributed by atoms with Crippen molar-refractivity contribution in [3.63, 3.8) is 0 Å². The molecular formula is C41H40BN2O2+. The lowest BCUT2D eigenvalue weighted by molar-refractivity contribution is -0.833. The summed E-state index contributed by atoms with van der Waals surface area (Å²) < 4.78 is 6.51. The SMILES string of the molecule is CCCC[NH+](CCCC)c1ccc(C#CC2=CC(=C3Oc4ccccc4N3B(c3ccccc3)c3ccccc3)C(=O)C=C2)cc1. The lowest BCUT2D eigenvalue weighted by Crippen LogP contribution is -3.07. The monoisotopic (exact) mass is 603 g/mol. The van der Waals surface area contributed by atoms with Crippen molar-refractivity contribution in [2.24, 2.45) is 0 Å². The van der Waals surface area contributed by atoms with Gasteiger partial charge in [-0.05, 0) is 55.3 Å². The summed E-state index contributed by atoms with van der Waals surface area (Å²) in [6.45, 7) is 6.61. The van der Waals surface area contributed by atoms with Gasteiger partial charge < -0.3 is 14.4 Å². The number of fused-ring (bicyclic) bond motifs is 1. The van der Waals surface area contributed by atoms with Crippen molar-refractivity contribution in [3.05, 3.63) is 150 Å². The third-order valence-electron chi connectivity index (χ3n) is 8.56. The first-order valence-electron chi connectivity index (χ1n) is 16.5. The molecule has 1 aliphatic heterocycles. The molecule has 4 aromatic carbocycles. The topological polar surface area (TPSA) is 34.0 Å². The predicted octanol–water partition coefficient (Wildman–Crippen LogP) is 6.14. The first-order valence-corrected chi connectivity index (χ1v) is 16.5. The van der Waals surface area contributed by atoms with E-state index in [1.807, 2.05) is 66.7 Å². The number of para-hydroxylation sites is 2. The highest BCUT2D eigenvalue weighted by atomic mass is 16.5. The number of carbonyl (C=O) groups is 1. The number of carbonyl (C=O) groups excluding carboxylic acids is 1. The van der Waals surface area contributed by atoms with Crippen molar-refractivity contribution in [1.82, 2.24) is 0 Å². The Balaban J connectivity index is 1.36. The maximum atomic E-state index is 13.5. The molecule has 5 heteroatoms. The third-order valence-corrected chi connectivity index (χ3v) is 8.56. The molecule has 0 aromatic heterocycles. The van der Waals surface area contributed by atoms with Crippen LogP contribution in [0.15, 0.2) is 144 Å². The molecule has 0 saturated carbocycles. The Morgan fingerprint density at radius 1 is 0.717 bits per heavy atom. The summed E-state index contributed by atoms with van der Waals surface area (Å²) >= 11 is 0. The minimum atomic E-state index is -0.204. The summed E-state index contributed by atoms with van der Waals surface area (Å²) in [5.74, 6) is 7.77. The number of anilines is 1. The van der Waals surface area contributed by atoms with Crippen LogP contribution in [-0.2, 0) is 4.79 Å². The molecule has 4 aromatic rings. The number of nitrogens with one attached hydrogen (secondary N) is 1. The molecule has 228 valence electrons. The Morgan fingerprint density at radius 2 is 1.33 bits per heavy atom. The maximum absolute atomic E-state index is 13.5. The van der Waals surface area contributed by atoms with Gasteiger partial charge in [-0.25, -0.2) is 0 Å². The smallest absolute Gasteiger partial charge is 0.331 e. The fraction of sp³-hybridized carbons (Fsp3) is 0.195. The number of unbranched alkanes of at least 4 members (excludes halogenated alkanes) is 2. The van der Waals surface area contributed by atoms with E-state index in [1.165, 1.54) is 31.4 Å². The molecule has 6 rings (SSSR count). The molecule has 0 unspecified atom stereocenters. The molecule has 1 aliphatic carbocycles. The van der Waals surface area contributed by atoms with Gasteiger partial charge in [-0.1, -0.05) is 122 Å². The summed E-state index contributed by atoms with van der Waals surface area (Å²) in [6, 6.07) is 37.3. The second-order valence-electron chi connectivity index (χ2n) is 11.8. The maximum Gasteiger partial charge on any atom is 0.331 e. The van der Waals surface area contributed by atoms with Crippen molar-refractivity contribution in [1.29, 1.82) is 0 Å². The number of rotatable bonds is 10. The number of ketones is 1. The molecule has 2 aliphatic rings. The van der Waals surface area contributed by atoms with E-state index in [0.29, 0.717) is 11.5 Å². The van der Waals surface area contributed by atoms with Crippen molar-refractivity contribution in [3.8, 4) is 17.6 Å². The summed E-state index contributed by atoms with van der Waals surface area (Å²) in [6.07, 6.45) is 10.1. The van der Waals surface area contributed by atoms with Gasteiger partial charge in [-0.15, -0.1) is 0 Å². The van der Waals surface area contributed by atoms with E-state index >= 15 is 0 Å². The van der Waals surface area contributed by atoms with Gasteiger partial charge in [-0.3, -0.25) is 4.79 Å². The van der Waals surface area contributed by atoms with Gasteiger partial charge in [0.1, 0.15) is 5.69 Å². The van der Waals surface area contributed by atoms with Crippen LogP contribution in [0.2, 0.25) is 0 Å². The van der Waals surface area contributed by atoms with E-state index in [1.54, 1.807) is 17.1 Å². The first kappa shape index (κ1) is 31.0. The standard InChI is InChI=1S/C41H39BN2O2/c1-3-5-29-43(30-6-4-2)36-26-23-32(24-27-36)21-22-33-25-28-39(45)37(31-33)41-44(38-19-13-14-20-40(38)46-41)42(34-15-9-7-10-16-34)35-17-11-8-12-18-35/h7-20,23-28,31H,3-6,29-30H2,1-2H3/p+1. The Hall–Kier alpha value is -5.05. The fourth-order valence-electron chi connectivity index (χ4n) is 6.11. The Bertz CT molecular complexity index is 1770. The minimum absolute atomic E-state index is 0.107. The van der Waals surface area contributed by atoms with Crippen LogP contribution in [0.25, 0.3) is 0 Å². The molecule has 1 heterocycles. The molecular weight excluding hydrogens is 563 g/mol. The number of allylic oxidation sites excluding steroid dienone is 5. The third kappa shape index (κ3) is 6.94. The number of nitrogens with zero attached hydrogens (tertiary/aromatic N) is 1. The summed E-state index contributed by atoms with van der Waals surface area (Å²) in [7, 11) is 0. The highest BCUT2D eigenvalue weighted by Crippen LogP contribution is 2.41. The first-order chi connectivity index (χ1) is 22.7. The van der Waals surface area contributed by atoms with Gasteiger partial charge in [0, 0.05) is 23.3 Å². The normalized spacial score (nSPS) is 15.2. The number of quaternary nitrogens is 1. The average molecular weight is 604 g/mol. The number of benzene rings is 4. The van der Waals surface area contributed by atoms with E-state index in [4.69, 9.17) is 4.74 Å². The molecule has 4 nitrogen and oxygen atoms in total. The lowest BCUT2D eigenvalue weighted by atomic mass is 9.49. The zero-order chi connectivity index (χ0) is 31.7. The average Bonchev–Trinajstić information content (AvgIpc) is 3.48. The van der Waals surface area contributed by atoms with E-state index in [0.717, 1.165) is 46.6 Å². The second kappa shape index (κ2) is 14.8. The van der Waals surface area contributed by atoms with E-state index in [2.05, 4.69) is 79.0 Å². The van der Waals surface area contributed by atoms with Crippen molar-refractivity contribution in [2.75, 3.05) is 17.9 Å². The molecule has 1 N–H and O–H groups in total. The summed E-state index contributed by atoms with van der Waals surface area (Å²) in [4.78, 5) is 17.2. The van der Waals surface area contributed by atoms with Crippen molar-refractivity contribution in [2.45, 2.75) is 39.5 Å². The van der Waals surface area contributed by atoms with Crippen LogP contribution in [0.4, 0.5) is 11.4 Å². The fourth-order valence-corrected chi connectivity index (χ4v) is 6.11. The van der Waals surface area contributed by atoms with Gasteiger partial charge >= 0.3 is 6.85 Å². The Morgan fingerprint density at radius 3 is 1.96 bits per heavy atom. The number of hydrogen-bond acceptors (Lipinski definition) is 3. The molecule has 0 spiro atoms. The highest BCUT2D eigenvalue weighted by Gasteiger charge is 2.39. The molecule has 0 bridgehead atoms. The second-order valence-corrected chi connectivity index (χ2v) is 11.8. The molecule has 0 radical (unpaired) electrons. The predicted molar refractivity (Wildman–Crippen MR) is 190 cm³/mol. The zero-order valence-electron chi connectivity index (χ0n) is 26.7. The summed E-state index contributed by atoms with van der Waals surface area (Å²) in [5, 5.41) is 0. The van der Waals surface area contributed by atoms with Crippen LogP contribution >= 0.6 is 0 Å². The van der Waals surface area contributed by atoms with E-state index in [9.17, 15) is 4.79 Å². The molecule has 0 amide bonds. The molecule has 46 heavy (non-hydrogen) atoms. The van der Waals surface area contributed by atoms with E-state index < -0.39 is 0 Å². The molecule has 0 atom stereocenters. The zero-order valence-corrected chi connectivity index (χ0v) is 26.7. The molecule has 0 fully saturated rings. The number of hydrogen-bond donors (Lipinski definition) is 1. The van der Waals surface area contributed by atoms with Gasteiger partial charge in [-0.2, -0.15) is 0 Å². The minimum Gasteiger partial charge on any atom is -0.439 e. The van der Waals surface area contributed by atoms with Gasteiger partial charge in [0.05, 0.1) is 24.4 Å². The van der Waals surface area contributed by atoms with Crippen LogP contribution < -0.4 is 25.4 Å². The van der Waals surface area contributed by atoms with Crippen LogP contribution in [0.3, 0.4) is 0 Å². The van der Waals surface area contributed by atoms with Crippen LogP contribution in [-0.4, -0.2) is 25.7 Å². The highest BCUT2D eigenvalue weighted by molar-refractivity contribution is 6.88. The lowest BCUT2D eigenvalue weighted by Gasteiger charge is -2.28. The van der Waals surface area contributed by atoms with E-state index in [-0.39, 0.29) is 12.6 Å². The van der Waals surface area contributed by atoms with Crippen molar-refractivity contribution < 1.29 is 14.4 Å². The Kier molecular flexibility index (Phi) is 9.98. The van der Waals surface area contributed by atoms with Gasteiger partial charge in [0.2, 0.25) is 0 Å². The van der Waals surface area contributed by atoms with Crippen LogP contribution in [0.1, 0.15) is 45.1 Å². The van der Waals surface area contributed by atoms with Gasteiger partial charge in [0.25, 0.3) is 0 Å². The number of ether oxygens (including phenoxy) is 1. The van der Waals surface area contributed by atoms with Crippen LogP contribution in [0, 0.1) is 11.8 Å². The van der Waals surface area contributed by atoms with Gasteiger partial charge in [0.15, 0.2) is 17.4 Å². The quantitative estimate of drug-likeness (QED) is 0.135. The Labute approximate surface area is 273 Å². The summed E-state index contributed by atoms with van der Waals surface area (Å²) in [5.41, 5.74) is 6.65. The van der Waals surface area contributed by atoms with Crippen LogP contribution in [0.5, 0.6) is 5.75 Å². The molecule has 0 saturated heterocycles.